The molecule has 0 bridgehead atoms. The van der Waals surface area contributed by atoms with Crippen LogP contribution in [0.15, 0.2) is 24.3 Å². The standard InChI is InChI=1S/C13H18N2O/c1-16-12-4-2-3-11(7-12)15-8-10-5-6-14-13(10)9-15/h2-4,7,10,13-14H,5-6,8-9H2,1H3. The Kier molecular flexibility index (Phi) is 2.48. The van der Waals surface area contributed by atoms with Gasteiger partial charge >= 0.3 is 0 Å². The summed E-state index contributed by atoms with van der Waals surface area (Å²) >= 11 is 0. The zero-order chi connectivity index (χ0) is 11.0. The number of fused-ring (bicyclic) bond motifs is 1. The van der Waals surface area contributed by atoms with Gasteiger partial charge in [-0.05, 0) is 31.0 Å². The summed E-state index contributed by atoms with van der Waals surface area (Å²) in [5.41, 5.74) is 1.29. The molecule has 0 aromatic heterocycles. The molecule has 1 aromatic rings. The highest BCUT2D eigenvalue weighted by Crippen LogP contribution is 2.30. The summed E-state index contributed by atoms with van der Waals surface area (Å²) in [6, 6.07) is 9.06. The van der Waals surface area contributed by atoms with E-state index in [1.807, 2.05) is 6.07 Å². The van der Waals surface area contributed by atoms with Gasteiger partial charge in [-0.3, -0.25) is 0 Å². The molecule has 2 aliphatic rings. The van der Waals surface area contributed by atoms with E-state index in [-0.39, 0.29) is 0 Å². The van der Waals surface area contributed by atoms with Crippen LogP contribution in [0, 0.1) is 5.92 Å². The average molecular weight is 218 g/mol. The third-order valence-electron chi connectivity index (χ3n) is 3.78. The molecule has 3 nitrogen and oxygen atoms in total. The number of rotatable bonds is 2. The molecular weight excluding hydrogens is 200 g/mol. The fraction of sp³-hybridized carbons (Fsp3) is 0.538. The van der Waals surface area contributed by atoms with E-state index in [0.29, 0.717) is 6.04 Å². The minimum atomic E-state index is 0.700. The third-order valence-corrected chi connectivity index (χ3v) is 3.78. The number of methoxy groups -OCH3 is 1. The summed E-state index contributed by atoms with van der Waals surface area (Å²) in [5.74, 6) is 1.79. The van der Waals surface area contributed by atoms with Gasteiger partial charge in [0.2, 0.25) is 0 Å². The molecule has 2 unspecified atom stereocenters. The second-order valence-corrected chi connectivity index (χ2v) is 4.72. The lowest BCUT2D eigenvalue weighted by Gasteiger charge is -2.20. The Morgan fingerprint density at radius 2 is 2.31 bits per heavy atom. The van der Waals surface area contributed by atoms with Crippen molar-refractivity contribution < 1.29 is 4.74 Å². The van der Waals surface area contributed by atoms with Crippen molar-refractivity contribution in [1.29, 1.82) is 0 Å². The Morgan fingerprint density at radius 3 is 3.12 bits per heavy atom. The van der Waals surface area contributed by atoms with Crippen LogP contribution < -0.4 is 15.0 Å². The lowest BCUT2D eigenvalue weighted by Crippen LogP contribution is -2.30. The van der Waals surface area contributed by atoms with Crippen LogP contribution in [0.1, 0.15) is 6.42 Å². The van der Waals surface area contributed by atoms with E-state index in [0.717, 1.165) is 18.2 Å². The van der Waals surface area contributed by atoms with Gasteiger partial charge in [0.25, 0.3) is 0 Å². The Hall–Kier alpha value is -1.22. The van der Waals surface area contributed by atoms with Gasteiger partial charge in [0.05, 0.1) is 7.11 Å². The normalized spacial score (nSPS) is 28.2. The number of hydrogen-bond donors (Lipinski definition) is 1. The minimum absolute atomic E-state index is 0.700. The first-order valence-corrected chi connectivity index (χ1v) is 5.99. The van der Waals surface area contributed by atoms with Gasteiger partial charge in [-0.15, -0.1) is 0 Å². The average Bonchev–Trinajstić information content (AvgIpc) is 2.89. The van der Waals surface area contributed by atoms with Crippen LogP contribution in [-0.2, 0) is 0 Å². The Morgan fingerprint density at radius 1 is 1.38 bits per heavy atom. The predicted molar refractivity (Wildman–Crippen MR) is 65.1 cm³/mol. The summed E-state index contributed by atoms with van der Waals surface area (Å²) in [7, 11) is 1.72. The van der Waals surface area contributed by atoms with Crippen LogP contribution in [0.3, 0.4) is 0 Å². The fourth-order valence-electron chi connectivity index (χ4n) is 2.87. The number of anilines is 1. The third kappa shape index (κ3) is 1.65. The maximum absolute atomic E-state index is 5.27. The summed E-state index contributed by atoms with van der Waals surface area (Å²) in [5, 5.41) is 3.57. The topological polar surface area (TPSA) is 24.5 Å². The second-order valence-electron chi connectivity index (χ2n) is 4.72. The highest BCUT2D eigenvalue weighted by molar-refractivity contribution is 5.52. The first-order valence-electron chi connectivity index (χ1n) is 5.99. The molecule has 2 saturated heterocycles. The first kappa shape index (κ1) is 9.97. The van der Waals surface area contributed by atoms with E-state index in [9.17, 15) is 0 Å². The van der Waals surface area contributed by atoms with E-state index in [4.69, 9.17) is 4.74 Å². The smallest absolute Gasteiger partial charge is 0.120 e. The maximum atomic E-state index is 5.27. The maximum Gasteiger partial charge on any atom is 0.120 e. The van der Waals surface area contributed by atoms with Crippen LogP contribution in [-0.4, -0.2) is 32.8 Å². The molecule has 3 heteroatoms. The molecule has 0 radical (unpaired) electrons. The molecule has 0 saturated carbocycles. The first-order chi connectivity index (χ1) is 7.86. The number of hydrogen-bond acceptors (Lipinski definition) is 3. The Balaban J connectivity index is 1.78. The lowest BCUT2D eigenvalue weighted by molar-refractivity contribution is 0.415. The van der Waals surface area contributed by atoms with Crippen molar-refractivity contribution in [2.45, 2.75) is 12.5 Å². The molecule has 2 fully saturated rings. The van der Waals surface area contributed by atoms with Crippen molar-refractivity contribution in [1.82, 2.24) is 5.32 Å². The second kappa shape index (κ2) is 3.98. The van der Waals surface area contributed by atoms with Crippen molar-refractivity contribution in [2.24, 2.45) is 5.92 Å². The van der Waals surface area contributed by atoms with Gasteiger partial charge in [-0.1, -0.05) is 6.07 Å². The van der Waals surface area contributed by atoms with Gasteiger partial charge in [0, 0.05) is 30.9 Å². The molecule has 0 aliphatic carbocycles. The van der Waals surface area contributed by atoms with Gasteiger partial charge < -0.3 is 15.0 Å². The van der Waals surface area contributed by atoms with Gasteiger partial charge in [0.1, 0.15) is 5.75 Å². The van der Waals surface area contributed by atoms with E-state index >= 15 is 0 Å². The summed E-state index contributed by atoms with van der Waals surface area (Å²) in [6.07, 6.45) is 1.32. The molecular formula is C13H18N2O. The molecule has 2 aliphatic heterocycles. The van der Waals surface area contributed by atoms with Crippen molar-refractivity contribution >= 4 is 5.69 Å². The van der Waals surface area contributed by atoms with Crippen LogP contribution in [0.4, 0.5) is 5.69 Å². The number of nitrogens with one attached hydrogen (secondary N) is 1. The number of benzene rings is 1. The van der Waals surface area contributed by atoms with E-state index in [1.165, 1.54) is 25.2 Å². The van der Waals surface area contributed by atoms with Crippen LogP contribution in [0.2, 0.25) is 0 Å². The Bertz CT molecular complexity index is 368. The van der Waals surface area contributed by atoms with Crippen LogP contribution in [0.25, 0.3) is 0 Å². The highest BCUT2D eigenvalue weighted by atomic mass is 16.5. The molecule has 1 N–H and O–H groups in total. The van der Waals surface area contributed by atoms with Crippen molar-refractivity contribution in [2.75, 3.05) is 31.6 Å². The molecule has 2 atom stereocenters. The highest BCUT2D eigenvalue weighted by Gasteiger charge is 2.35. The van der Waals surface area contributed by atoms with E-state index < -0.39 is 0 Å². The van der Waals surface area contributed by atoms with Crippen molar-refractivity contribution in [3.8, 4) is 5.75 Å². The molecule has 2 heterocycles. The number of ether oxygens (including phenoxy) is 1. The van der Waals surface area contributed by atoms with Crippen molar-refractivity contribution in [3.63, 3.8) is 0 Å². The fourth-order valence-corrected chi connectivity index (χ4v) is 2.87. The quantitative estimate of drug-likeness (QED) is 0.814. The van der Waals surface area contributed by atoms with E-state index in [1.54, 1.807) is 7.11 Å². The SMILES string of the molecule is COc1cccc(N2CC3CCNC3C2)c1. The molecule has 3 rings (SSSR count). The van der Waals surface area contributed by atoms with E-state index in [2.05, 4.69) is 28.4 Å². The monoisotopic (exact) mass is 218 g/mol. The molecule has 0 amide bonds. The van der Waals surface area contributed by atoms with Crippen molar-refractivity contribution in [3.05, 3.63) is 24.3 Å². The summed E-state index contributed by atoms with van der Waals surface area (Å²) < 4.78 is 5.27. The number of nitrogens with zero attached hydrogens (tertiary/aromatic N) is 1. The zero-order valence-electron chi connectivity index (χ0n) is 9.65. The summed E-state index contributed by atoms with van der Waals surface area (Å²) in [4.78, 5) is 2.46. The molecule has 0 spiro atoms. The Labute approximate surface area is 96.4 Å². The molecule has 86 valence electrons. The predicted octanol–water partition coefficient (Wildman–Crippen LogP) is 1.49. The van der Waals surface area contributed by atoms with Gasteiger partial charge in [-0.2, -0.15) is 0 Å². The summed E-state index contributed by atoms with van der Waals surface area (Å²) in [6.45, 7) is 3.52. The molecule has 1 aromatic carbocycles. The minimum Gasteiger partial charge on any atom is -0.497 e. The zero-order valence-corrected chi connectivity index (χ0v) is 9.65. The van der Waals surface area contributed by atoms with Crippen LogP contribution in [0.5, 0.6) is 5.75 Å². The van der Waals surface area contributed by atoms with Crippen LogP contribution >= 0.6 is 0 Å². The van der Waals surface area contributed by atoms with Gasteiger partial charge in [-0.25, -0.2) is 0 Å². The molecule has 16 heavy (non-hydrogen) atoms. The largest absolute Gasteiger partial charge is 0.497 e. The van der Waals surface area contributed by atoms with Gasteiger partial charge in [0.15, 0.2) is 0 Å². The lowest BCUT2D eigenvalue weighted by atomic mass is 10.1.